The first-order chi connectivity index (χ1) is 8.81. The van der Waals surface area contributed by atoms with E-state index in [0.29, 0.717) is 6.61 Å². The largest absolute Gasteiger partial charge is 0.384 e. The van der Waals surface area contributed by atoms with Crippen LogP contribution in [-0.4, -0.2) is 18.6 Å². The van der Waals surface area contributed by atoms with Crippen LogP contribution in [0.15, 0.2) is 29.8 Å². The zero-order valence-electron chi connectivity index (χ0n) is 10.8. The quantitative estimate of drug-likeness (QED) is 0.867. The number of aryl methyl sites for hydroxylation is 1. The van der Waals surface area contributed by atoms with Crippen molar-refractivity contribution in [1.82, 2.24) is 4.98 Å². The summed E-state index contributed by atoms with van der Waals surface area (Å²) in [6.45, 7) is 3.62. The third kappa shape index (κ3) is 3.31. The maximum atomic E-state index is 5.19. The molecule has 1 aromatic carbocycles. The van der Waals surface area contributed by atoms with Crippen molar-refractivity contribution in [3.05, 3.63) is 45.9 Å². The zero-order chi connectivity index (χ0) is 12.8. The van der Waals surface area contributed by atoms with E-state index in [1.54, 1.807) is 18.4 Å². The average Bonchev–Trinajstić information content (AvgIpc) is 2.78. The van der Waals surface area contributed by atoms with Crippen LogP contribution in [0.2, 0.25) is 0 Å². The van der Waals surface area contributed by atoms with Crippen LogP contribution in [-0.2, 0) is 17.8 Å². The number of ether oxygens (including phenoxy) is 1. The Hall–Kier alpha value is -1.39. The Morgan fingerprint density at radius 1 is 1.33 bits per heavy atom. The van der Waals surface area contributed by atoms with E-state index in [1.807, 2.05) is 17.6 Å². The molecule has 0 atom stereocenters. The number of hydrogen-bond donors (Lipinski definition) is 1. The number of anilines is 1. The topological polar surface area (TPSA) is 34.1 Å². The molecule has 2 aromatic rings. The molecule has 1 N–H and O–H groups in total. The van der Waals surface area contributed by atoms with Crippen LogP contribution in [0.1, 0.15) is 16.1 Å². The molecule has 0 fully saturated rings. The lowest BCUT2D eigenvalue weighted by molar-refractivity contribution is 0.185. The number of nitrogens with one attached hydrogen (secondary N) is 1. The van der Waals surface area contributed by atoms with E-state index in [2.05, 4.69) is 29.4 Å². The van der Waals surface area contributed by atoms with Gasteiger partial charge >= 0.3 is 0 Å². The van der Waals surface area contributed by atoms with Crippen LogP contribution in [0, 0.1) is 6.92 Å². The van der Waals surface area contributed by atoms with Gasteiger partial charge in [0.1, 0.15) is 0 Å². The van der Waals surface area contributed by atoms with Gasteiger partial charge in [0, 0.05) is 36.2 Å². The predicted octanol–water partition coefficient (Wildman–Crippen LogP) is 3.25. The summed E-state index contributed by atoms with van der Waals surface area (Å²) < 4.78 is 5.19. The number of hydrogen-bond acceptors (Lipinski definition) is 4. The van der Waals surface area contributed by atoms with E-state index in [0.717, 1.165) is 24.3 Å². The molecule has 18 heavy (non-hydrogen) atoms. The molecule has 0 aliphatic carbocycles. The van der Waals surface area contributed by atoms with Crippen molar-refractivity contribution in [3.8, 4) is 0 Å². The van der Waals surface area contributed by atoms with Gasteiger partial charge in [0.2, 0.25) is 0 Å². The molecule has 0 radical (unpaired) electrons. The molecule has 96 valence electrons. The molecule has 1 aromatic heterocycles. The molecule has 4 heteroatoms. The lowest BCUT2D eigenvalue weighted by Crippen LogP contribution is -2.07. The first-order valence-corrected chi connectivity index (χ1v) is 6.89. The summed E-state index contributed by atoms with van der Waals surface area (Å²) in [5.41, 5.74) is 5.40. The van der Waals surface area contributed by atoms with Gasteiger partial charge in [-0.05, 0) is 13.0 Å². The van der Waals surface area contributed by atoms with Gasteiger partial charge in [0.05, 0.1) is 17.8 Å². The highest BCUT2D eigenvalue weighted by atomic mass is 32.1. The number of thiazole rings is 1. The molecule has 0 saturated heterocycles. The molecule has 0 aliphatic heterocycles. The molecule has 3 nitrogen and oxygen atoms in total. The van der Waals surface area contributed by atoms with E-state index in [9.17, 15) is 0 Å². The van der Waals surface area contributed by atoms with Crippen LogP contribution in [0.4, 0.5) is 5.69 Å². The molecule has 0 spiro atoms. The molecule has 0 saturated carbocycles. The summed E-state index contributed by atoms with van der Waals surface area (Å²) in [7, 11) is 1.72. The minimum absolute atomic E-state index is 0.642. The van der Waals surface area contributed by atoms with Gasteiger partial charge in [-0.1, -0.05) is 18.2 Å². The summed E-state index contributed by atoms with van der Waals surface area (Å²) in [6.07, 6.45) is 1.01. The first kappa shape index (κ1) is 13.1. The Labute approximate surface area is 112 Å². The van der Waals surface area contributed by atoms with Gasteiger partial charge in [-0.15, -0.1) is 11.3 Å². The van der Waals surface area contributed by atoms with E-state index in [-0.39, 0.29) is 0 Å². The molecular weight excluding hydrogens is 244 g/mol. The van der Waals surface area contributed by atoms with Gasteiger partial charge in [-0.2, -0.15) is 0 Å². The van der Waals surface area contributed by atoms with Crippen molar-refractivity contribution >= 4 is 17.0 Å². The van der Waals surface area contributed by atoms with Crippen molar-refractivity contribution in [2.75, 3.05) is 19.0 Å². The molecule has 0 aliphatic rings. The minimum Gasteiger partial charge on any atom is -0.384 e. The van der Waals surface area contributed by atoms with Gasteiger partial charge in [-0.25, -0.2) is 4.98 Å². The summed E-state index contributed by atoms with van der Waals surface area (Å²) in [5.74, 6) is 0. The highest BCUT2D eigenvalue weighted by Gasteiger charge is 2.03. The zero-order valence-corrected chi connectivity index (χ0v) is 11.6. The van der Waals surface area contributed by atoms with Crippen molar-refractivity contribution in [3.63, 3.8) is 0 Å². The minimum atomic E-state index is 0.642. The van der Waals surface area contributed by atoms with E-state index in [1.165, 1.54) is 10.4 Å². The van der Waals surface area contributed by atoms with E-state index < -0.39 is 0 Å². The number of nitrogens with zero attached hydrogens (tertiary/aromatic N) is 1. The van der Waals surface area contributed by atoms with Crippen LogP contribution in [0.5, 0.6) is 0 Å². The van der Waals surface area contributed by atoms with Crippen molar-refractivity contribution in [2.45, 2.75) is 20.0 Å². The van der Waals surface area contributed by atoms with Crippen molar-refractivity contribution < 1.29 is 4.74 Å². The second kappa shape index (κ2) is 6.52. The highest BCUT2D eigenvalue weighted by molar-refractivity contribution is 7.09. The standard InChI is InChI=1S/C14H18N2OS/c1-11-14(18-10-16-11)7-8-15-13-6-4-3-5-12(13)9-17-2/h3-6,10,15H,7-9H2,1-2H3. The first-order valence-electron chi connectivity index (χ1n) is 6.01. The Bertz CT molecular complexity index is 496. The number of benzene rings is 1. The van der Waals surface area contributed by atoms with Crippen LogP contribution < -0.4 is 5.32 Å². The molecule has 0 amide bonds. The highest BCUT2D eigenvalue weighted by Crippen LogP contribution is 2.17. The number of aromatic nitrogens is 1. The van der Waals surface area contributed by atoms with E-state index in [4.69, 9.17) is 4.74 Å². The van der Waals surface area contributed by atoms with Crippen molar-refractivity contribution in [1.29, 1.82) is 0 Å². The predicted molar refractivity (Wildman–Crippen MR) is 76.2 cm³/mol. The summed E-state index contributed by atoms with van der Waals surface area (Å²) in [6, 6.07) is 8.25. The lowest BCUT2D eigenvalue weighted by atomic mass is 10.2. The van der Waals surface area contributed by atoms with Crippen LogP contribution >= 0.6 is 11.3 Å². The molecule has 1 heterocycles. The van der Waals surface area contributed by atoms with Gasteiger partial charge in [-0.3, -0.25) is 0 Å². The number of methoxy groups -OCH3 is 1. The van der Waals surface area contributed by atoms with Gasteiger partial charge in [0.25, 0.3) is 0 Å². The smallest absolute Gasteiger partial charge is 0.0797 e. The van der Waals surface area contributed by atoms with Gasteiger partial charge < -0.3 is 10.1 Å². The molecule has 0 unspecified atom stereocenters. The van der Waals surface area contributed by atoms with Crippen LogP contribution in [0.3, 0.4) is 0 Å². The lowest BCUT2D eigenvalue weighted by Gasteiger charge is -2.11. The Morgan fingerprint density at radius 3 is 2.89 bits per heavy atom. The normalized spacial score (nSPS) is 10.6. The number of para-hydroxylation sites is 1. The summed E-state index contributed by atoms with van der Waals surface area (Å²) >= 11 is 1.72. The maximum absolute atomic E-state index is 5.19. The van der Waals surface area contributed by atoms with Gasteiger partial charge in [0.15, 0.2) is 0 Å². The maximum Gasteiger partial charge on any atom is 0.0797 e. The summed E-state index contributed by atoms with van der Waals surface area (Å²) in [5, 5.41) is 3.46. The summed E-state index contributed by atoms with van der Waals surface area (Å²) in [4.78, 5) is 5.61. The van der Waals surface area contributed by atoms with Crippen molar-refractivity contribution in [2.24, 2.45) is 0 Å². The molecule has 0 bridgehead atoms. The third-order valence-corrected chi connectivity index (χ3v) is 3.82. The molecule has 2 rings (SSSR count). The SMILES string of the molecule is COCc1ccccc1NCCc1scnc1C. The Morgan fingerprint density at radius 2 is 2.17 bits per heavy atom. The Kier molecular flexibility index (Phi) is 4.73. The number of rotatable bonds is 6. The average molecular weight is 262 g/mol. The monoisotopic (exact) mass is 262 g/mol. The second-order valence-electron chi connectivity index (χ2n) is 4.13. The Balaban J connectivity index is 1.92. The molecular formula is C14H18N2OS. The van der Waals surface area contributed by atoms with Crippen LogP contribution in [0.25, 0.3) is 0 Å². The second-order valence-corrected chi connectivity index (χ2v) is 5.07. The fourth-order valence-corrected chi connectivity index (χ4v) is 2.63. The fourth-order valence-electron chi connectivity index (χ4n) is 1.85. The van der Waals surface area contributed by atoms with E-state index >= 15 is 0 Å². The fraction of sp³-hybridized carbons (Fsp3) is 0.357. The third-order valence-electron chi connectivity index (χ3n) is 2.83.